The van der Waals surface area contributed by atoms with E-state index in [0.29, 0.717) is 10.8 Å². The van der Waals surface area contributed by atoms with Gasteiger partial charge in [-0.25, -0.2) is 12.7 Å². The fourth-order valence-electron chi connectivity index (χ4n) is 2.30. The van der Waals surface area contributed by atoms with E-state index in [-0.39, 0.29) is 21.6 Å². The first-order valence-corrected chi connectivity index (χ1v) is 11.1. The van der Waals surface area contributed by atoms with Crippen LogP contribution in [0.25, 0.3) is 5.69 Å². The van der Waals surface area contributed by atoms with E-state index in [9.17, 15) is 13.2 Å². The molecule has 0 aliphatic rings. The molecule has 0 unspecified atom stereocenters. The molecule has 29 heavy (non-hydrogen) atoms. The number of amides is 1. The van der Waals surface area contributed by atoms with Gasteiger partial charge in [0.2, 0.25) is 21.1 Å². The number of rotatable bonds is 7. The molecule has 3 rings (SSSR count). The number of carbonyl (C=O) groups excluding carboxylic acids is 1. The van der Waals surface area contributed by atoms with Crippen molar-refractivity contribution in [1.82, 2.24) is 24.5 Å². The number of sulfonamides is 1. The first-order chi connectivity index (χ1) is 13.8. The summed E-state index contributed by atoms with van der Waals surface area (Å²) in [4.78, 5) is 12.3. The summed E-state index contributed by atoms with van der Waals surface area (Å²) in [6, 6.07) is 13.6. The van der Waals surface area contributed by atoms with Crippen molar-refractivity contribution in [1.29, 1.82) is 0 Å². The van der Waals surface area contributed by atoms with Gasteiger partial charge in [-0.1, -0.05) is 41.6 Å². The molecule has 0 atom stereocenters. The van der Waals surface area contributed by atoms with Gasteiger partial charge in [0.1, 0.15) is 4.90 Å². The lowest BCUT2D eigenvalue weighted by atomic mass is 10.3. The van der Waals surface area contributed by atoms with E-state index in [0.717, 1.165) is 21.8 Å². The van der Waals surface area contributed by atoms with Crippen molar-refractivity contribution in [2.75, 3.05) is 25.2 Å². The standard InChI is InChI=1S/C17H17ClN6O3S2/c1-23(2)29(26,27)15-10-12(8-9-14(15)18)19-16(25)11-28-17-20-21-22-24(17)13-6-4-3-5-7-13/h3-10H,11H2,1-2H3,(H,19,25). The normalized spacial score (nSPS) is 11.6. The fourth-order valence-corrected chi connectivity index (χ4v) is 4.39. The van der Waals surface area contributed by atoms with Crippen LogP contribution in [0.3, 0.4) is 0 Å². The molecule has 2 aromatic carbocycles. The number of tetrazole rings is 1. The summed E-state index contributed by atoms with van der Waals surface area (Å²) >= 11 is 7.17. The van der Waals surface area contributed by atoms with E-state index in [1.165, 1.54) is 37.0 Å². The van der Waals surface area contributed by atoms with Crippen LogP contribution in [-0.2, 0) is 14.8 Å². The zero-order valence-electron chi connectivity index (χ0n) is 15.5. The molecule has 152 valence electrons. The smallest absolute Gasteiger partial charge is 0.244 e. The van der Waals surface area contributed by atoms with E-state index in [1.807, 2.05) is 30.3 Å². The first kappa shape index (κ1) is 21.2. The third-order valence-corrected chi connectivity index (χ3v) is 6.96. The molecule has 0 spiro atoms. The van der Waals surface area contributed by atoms with Crippen LogP contribution in [0.4, 0.5) is 5.69 Å². The highest BCUT2D eigenvalue weighted by Crippen LogP contribution is 2.27. The molecule has 3 aromatic rings. The second kappa shape index (κ2) is 8.91. The molecule has 0 fully saturated rings. The lowest BCUT2D eigenvalue weighted by Gasteiger charge is -2.14. The maximum absolute atomic E-state index is 12.3. The molecule has 0 saturated carbocycles. The Morgan fingerprint density at radius 1 is 1.21 bits per heavy atom. The Bertz CT molecular complexity index is 1120. The molecule has 1 heterocycles. The van der Waals surface area contributed by atoms with Crippen molar-refractivity contribution in [3.63, 3.8) is 0 Å². The van der Waals surface area contributed by atoms with E-state index >= 15 is 0 Å². The number of thioether (sulfide) groups is 1. The van der Waals surface area contributed by atoms with Gasteiger partial charge in [0, 0.05) is 19.8 Å². The van der Waals surface area contributed by atoms with Crippen LogP contribution < -0.4 is 5.32 Å². The van der Waals surface area contributed by atoms with Crippen LogP contribution in [0.5, 0.6) is 0 Å². The molecule has 1 N–H and O–H groups in total. The topological polar surface area (TPSA) is 110 Å². The summed E-state index contributed by atoms with van der Waals surface area (Å²) in [6.07, 6.45) is 0. The van der Waals surface area contributed by atoms with Crippen LogP contribution in [0.1, 0.15) is 0 Å². The number of nitrogens with one attached hydrogen (secondary N) is 1. The Morgan fingerprint density at radius 2 is 1.93 bits per heavy atom. The van der Waals surface area contributed by atoms with Crippen molar-refractivity contribution in [2.45, 2.75) is 10.1 Å². The van der Waals surface area contributed by atoms with Crippen molar-refractivity contribution in [2.24, 2.45) is 0 Å². The SMILES string of the molecule is CN(C)S(=O)(=O)c1cc(NC(=O)CSc2nnnn2-c2ccccc2)ccc1Cl. The summed E-state index contributed by atoms with van der Waals surface area (Å²) in [7, 11) is -0.920. The first-order valence-electron chi connectivity index (χ1n) is 8.27. The highest BCUT2D eigenvalue weighted by Gasteiger charge is 2.21. The summed E-state index contributed by atoms with van der Waals surface area (Å²) < 4.78 is 27.3. The van der Waals surface area contributed by atoms with Gasteiger partial charge >= 0.3 is 0 Å². The van der Waals surface area contributed by atoms with Crippen molar-refractivity contribution >= 4 is 45.0 Å². The lowest BCUT2D eigenvalue weighted by molar-refractivity contribution is -0.113. The molecule has 0 aliphatic carbocycles. The van der Waals surface area contributed by atoms with Gasteiger partial charge in [0.25, 0.3) is 0 Å². The molecule has 0 bridgehead atoms. The molecule has 0 radical (unpaired) electrons. The Kier molecular flexibility index (Phi) is 6.52. The third kappa shape index (κ3) is 4.93. The predicted molar refractivity (Wildman–Crippen MR) is 111 cm³/mol. The fraction of sp³-hybridized carbons (Fsp3) is 0.176. The van der Waals surface area contributed by atoms with Crippen LogP contribution in [0, 0.1) is 0 Å². The summed E-state index contributed by atoms with van der Waals surface area (Å²) in [5.41, 5.74) is 1.10. The van der Waals surface area contributed by atoms with E-state index in [4.69, 9.17) is 11.6 Å². The zero-order valence-corrected chi connectivity index (χ0v) is 17.9. The van der Waals surface area contributed by atoms with Gasteiger partial charge in [-0.15, -0.1) is 5.10 Å². The van der Waals surface area contributed by atoms with Crippen molar-refractivity contribution < 1.29 is 13.2 Å². The Morgan fingerprint density at radius 3 is 2.62 bits per heavy atom. The molecule has 0 aliphatic heterocycles. The number of carbonyl (C=O) groups is 1. The average Bonchev–Trinajstić information content (AvgIpc) is 3.17. The van der Waals surface area contributed by atoms with Gasteiger partial charge in [0.15, 0.2) is 0 Å². The molecule has 9 nitrogen and oxygen atoms in total. The minimum atomic E-state index is -3.73. The number of halogens is 1. The Balaban J connectivity index is 1.69. The molecular weight excluding hydrogens is 436 g/mol. The zero-order chi connectivity index (χ0) is 21.0. The number of para-hydroxylation sites is 1. The lowest BCUT2D eigenvalue weighted by Crippen LogP contribution is -2.23. The molecule has 1 amide bonds. The summed E-state index contributed by atoms with van der Waals surface area (Å²) in [5, 5.41) is 14.7. The number of benzene rings is 2. The monoisotopic (exact) mass is 452 g/mol. The molecule has 0 saturated heterocycles. The van der Waals surface area contributed by atoms with Crippen molar-refractivity contribution in [3.8, 4) is 5.69 Å². The number of nitrogens with zero attached hydrogens (tertiary/aromatic N) is 5. The van der Waals surface area contributed by atoms with Gasteiger partial charge in [-0.3, -0.25) is 4.79 Å². The van der Waals surface area contributed by atoms with E-state index in [1.54, 1.807) is 0 Å². The maximum Gasteiger partial charge on any atom is 0.244 e. The second-order valence-corrected chi connectivity index (χ2v) is 9.45. The van der Waals surface area contributed by atoms with Gasteiger partial charge in [0.05, 0.1) is 16.5 Å². The van der Waals surface area contributed by atoms with E-state index < -0.39 is 10.0 Å². The quantitative estimate of drug-likeness (QED) is 0.547. The van der Waals surface area contributed by atoms with Crippen molar-refractivity contribution in [3.05, 3.63) is 53.6 Å². The Hall–Kier alpha value is -2.47. The van der Waals surface area contributed by atoms with Gasteiger partial charge in [-0.05, 0) is 40.8 Å². The van der Waals surface area contributed by atoms with Crippen LogP contribution in [0.2, 0.25) is 5.02 Å². The molecular formula is C17H17ClN6O3S2. The largest absolute Gasteiger partial charge is 0.325 e. The minimum absolute atomic E-state index is 0.0333. The molecule has 12 heteroatoms. The average molecular weight is 453 g/mol. The maximum atomic E-state index is 12.3. The highest BCUT2D eigenvalue weighted by atomic mass is 35.5. The molecule has 1 aromatic heterocycles. The van der Waals surface area contributed by atoms with E-state index in [2.05, 4.69) is 20.8 Å². The van der Waals surface area contributed by atoms with Crippen LogP contribution in [0.15, 0.2) is 58.6 Å². The summed E-state index contributed by atoms with van der Waals surface area (Å²) in [6.45, 7) is 0. The van der Waals surface area contributed by atoms with Crippen LogP contribution >= 0.6 is 23.4 Å². The Labute approximate surface area is 177 Å². The number of anilines is 1. The third-order valence-electron chi connectivity index (χ3n) is 3.75. The predicted octanol–water partition coefficient (Wildman–Crippen LogP) is 2.30. The summed E-state index contributed by atoms with van der Waals surface area (Å²) in [5.74, 6) is -0.306. The highest BCUT2D eigenvalue weighted by molar-refractivity contribution is 7.99. The number of hydrogen-bond donors (Lipinski definition) is 1. The number of aromatic nitrogens is 4. The number of hydrogen-bond acceptors (Lipinski definition) is 7. The second-order valence-electron chi connectivity index (χ2n) is 5.98. The van der Waals surface area contributed by atoms with Gasteiger partial charge in [-0.2, -0.15) is 4.68 Å². The van der Waals surface area contributed by atoms with Gasteiger partial charge < -0.3 is 5.32 Å². The minimum Gasteiger partial charge on any atom is -0.325 e. The van der Waals surface area contributed by atoms with Crippen LogP contribution in [-0.4, -0.2) is 58.7 Å².